The van der Waals surface area contributed by atoms with E-state index in [1.165, 1.54) is 16.4 Å². The summed E-state index contributed by atoms with van der Waals surface area (Å²) in [4.78, 5) is 0.145. The van der Waals surface area contributed by atoms with Crippen LogP contribution in [0.25, 0.3) is 0 Å². The van der Waals surface area contributed by atoms with Crippen LogP contribution >= 0.6 is 0 Å². The molecule has 0 saturated carbocycles. The number of benzene rings is 1. The molecule has 1 rings (SSSR count). The maximum atomic E-state index is 12.6. The van der Waals surface area contributed by atoms with Crippen molar-refractivity contribution >= 4 is 10.0 Å². The first-order valence-electron chi connectivity index (χ1n) is 6.47. The number of sulfonamides is 1. The molecule has 0 heterocycles. The summed E-state index contributed by atoms with van der Waals surface area (Å²) in [6, 6.07) is 8.02. The van der Waals surface area contributed by atoms with Crippen molar-refractivity contribution in [2.45, 2.75) is 25.7 Å². The molecule has 0 spiro atoms. The lowest BCUT2D eigenvalue weighted by molar-refractivity contribution is 0.273. The normalized spacial score (nSPS) is 12.4. The Morgan fingerprint density at radius 1 is 1.40 bits per heavy atom. The van der Waals surface area contributed by atoms with Gasteiger partial charge in [-0.1, -0.05) is 26.8 Å². The number of rotatable bonds is 6. The quantitative estimate of drug-likeness (QED) is 0.862. The Morgan fingerprint density at radius 3 is 2.55 bits per heavy atom. The Hall–Kier alpha value is -1.42. The van der Waals surface area contributed by atoms with Crippen LogP contribution in [0.2, 0.25) is 0 Å². The third-order valence-electron chi connectivity index (χ3n) is 3.11. The summed E-state index contributed by atoms with van der Waals surface area (Å²) in [5, 5.41) is 8.87. The van der Waals surface area contributed by atoms with E-state index in [4.69, 9.17) is 11.0 Å². The Morgan fingerprint density at radius 2 is 2.05 bits per heavy atom. The fourth-order valence-corrected chi connectivity index (χ4v) is 3.47. The molecule has 6 heteroatoms. The molecule has 5 nitrogen and oxygen atoms in total. The first-order valence-corrected chi connectivity index (χ1v) is 7.91. The molecule has 0 fully saturated rings. The summed E-state index contributed by atoms with van der Waals surface area (Å²) in [5.74, 6) is 0. The molecule has 0 amide bonds. The van der Waals surface area contributed by atoms with Crippen molar-refractivity contribution in [3.63, 3.8) is 0 Å². The van der Waals surface area contributed by atoms with Gasteiger partial charge in [-0.3, -0.25) is 0 Å². The smallest absolute Gasteiger partial charge is 0.243 e. The fraction of sp³-hybridized carbons (Fsp3) is 0.500. The van der Waals surface area contributed by atoms with Gasteiger partial charge in [0.1, 0.15) is 0 Å². The predicted octanol–water partition coefficient (Wildman–Crippen LogP) is 1.55. The lowest BCUT2D eigenvalue weighted by Gasteiger charge is -2.30. The van der Waals surface area contributed by atoms with Gasteiger partial charge in [-0.25, -0.2) is 8.42 Å². The zero-order valence-corrected chi connectivity index (χ0v) is 12.9. The molecule has 0 atom stereocenters. The van der Waals surface area contributed by atoms with Gasteiger partial charge in [-0.05, 0) is 30.2 Å². The Labute approximate surface area is 121 Å². The molecule has 0 aliphatic heterocycles. The summed E-state index contributed by atoms with van der Waals surface area (Å²) in [5.41, 5.74) is 5.71. The van der Waals surface area contributed by atoms with Crippen LogP contribution in [-0.4, -0.2) is 32.4 Å². The van der Waals surface area contributed by atoms with Gasteiger partial charge in [0.2, 0.25) is 10.0 Å². The highest BCUT2D eigenvalue weighted by molar-refractivity contribution is 7.89. The van der Waals surface area contributed by atoms with Crippen molar-refractivity contribution in [3.05, 3.63) is 29.8 Å². The molecule has 1 aromatic carbocycles. The zero-order valence-electron chi connectivity index (χ0n) is 12.1. The molecule has 0 aliphatic rings. The van der Waals surface area contributed by atoms with Crippen molar-refractivity contribution in [1.82, 2.24) is 4.31 Å². The van der Waals surface area contributed by atoms with Gasteiger partial charge in [0.15, 0.2) is 0 Å². The summed E-state index contributed by atoms with van der Waals surface area (Å²) >= 11 is 0. The van der Waals surface area contributed by atoms with E-state index < -0.39 is 10.0 Å². The van der Waals surface area contributed by atoms with Crippen molar-refractivity contribution < 1.29 is 8.42 Å². The largest absolute Gasteiger partial charge is 0.330 e. The van der Waals surface area contributed by atoms with Gasteiger partial charge in [0.05, 0.1) is 16.5 Å². The summed E-state index contributed by atoms with van der Waals surface area (Å²) in [7, 11) is -3.60. The van der Waals surface area contributed by atoms with E-state index in [9.17, 15) is 8.42 Å². The molecule has 110 valence electrons. The van der Waals surface area contributed by atoms with Gasteiger partial charge in [-0.2, -0.15) is 9.57 Å². The SMILES string of the molecule is CCN(CC(C)(C)CN)S(=O)(=O)c1cccc(C#N)c1. The van der Waals surface area contributed by atoms with E-state index >= 15 is 0 Å². The average molecular weight is 295 g/mol. The standard InChI is InChI=1S/C14H21N3O2S/c1-4-17(11-14(2,3)10-16)20(18,19)13-7-5-6-12(8-13)9-15/h5-8H,4,10-11,16H2,1-3H3. The van der Waals surface area contributed by atoms with Crippen LogP contribution in [0.15, 0.2) is 29.2 Å². The van der Waals surface area contributed by atoms with E-state index in [1.807, 2.05) is 19.9 Å². The second-order valence-corrected chi connectivity index (χ2v) is 7.38. The van der Waals surface area contributed by atoms with E-state index in [0.717, 1.165) is 0 Å². The Balaban J connectivity index is 3.16. The first kappa shape index (κ1) is 16.6. The minimum atomic E-state index is -3.60. The molecule has 2 N–H and O–H groups in total. The number of nitrogens with zero attached hydrogens (tertiary/aromatic N) is 2. The van der Waals surface area contributed by atoms with Gasteiger partial charge in [-0.15, -0.1) is 0 Å². The highest BCUT2D eigenvalue weighted by Gasteiger charge is 2.29. The maximum Gasteiger partial charge on any atom is 0.243 e. The zero-order chi connectivity index (χ0) is 15.4. The minimum absolute atomic E-state index is 0.145. The molecule has 0 aliphatic carbocycles. The van der Waals surface area contributed by atoms with Crippen LogP contribution in [0, 0.1) is 16.7 Å². The fourth-order valence-electron chi connectivity index (χ4n) is 1.78. The van der Waals surface area contributed by atoms with Gasteiger partial charge >= 0.3 is 0 Å². The molecule has 0 saturated heterocycles. The van der Waals surface area contributed by atoms with E-state index in [-0.39, 0.29) is 10.3 Å². The minimum Gasteiger partial charge on any atom is -0.330 e. The number of hydrogen-bond donors (Lipinski definition) is 1. The monoisotopic (exact) mass is 295 g/mol. The number of nitrogens with two attached hydrogens (primary N) is 1. The van der Waals surface area contributed by atoms with Gasteiger partial charge < -0.3 is 5.73 Å². The first-order chi connectivity index (χ1) is 9.26. The molecule has 1 aromatic rings. The van der Waals surface area contributed by atoms with Crippen LogP contribution in [0.5, 0.6) is 0 Å². The summed E-state index contributed by atoms with van der Waals surface area (Å²) in [6.45, 7) is 6.75. The average Bonchev–Trinajstić information content (AvgIpc) is 2.44. The van der Waals surface area contributed by atoms with Gasteiger partial charge in [0.25, 0.3) is 0 Å². The second-order valence-electron chi connectivity index (χ2n) is 5.44. The Kier molecular flexibility index (Phi) is 5.28. The van der Waals surface area contributed by atoms with E-state index in [1.54, 1.807) is 19.1 Å². The molecular weight excluding hydrogens is 274 g/mol. The maximum absolute atomic E-state index is 12.6. The van der Waals surface area contributed by atoms with Crippen LogP contribution in [0.3, 0.4) is 0 Å². The summed E-state index contributed by atoms with van der Waals surface area (Å²) < 4.78 is 26.6. The lowest BCUT2D eigenvalue weighted by atomic mass is 9.94. The third kappa shape index (κ3) is 3.79. The number of nitriles is 1. The highest BCUT2D eigenvalue weighted by atomic mass is 32.2. The lowest BCUT2D eigenvalue weighted by Crippen LogP contribution is -2.41. The van der Waals surface area contributed by atoms with E-state index in [0.29, 0.717) is 25.2 Å². The van der Waals surface area contributed by atoms with Crippen molar-refractivity contribution in [2.75, 3.05) is 19.6 Å². The molecular formula is C14H21N3O2S. The van der Waals surface area contributed by atoms with Crippen LogP contribution in [0.1, 0.15) is 26.3 Å². The molecule has 0 bridgehead atoms. The van der Waals surface area contributed by atoms with Crippen molar-refractivity contribution in [2.24, 2.45) is 11.1 Å². The molecule has 20 heavy (non-hydrogen) atoms. The van der Waals surface area contributed by atoms with Crippen molar-refractivity contribution in [1.29, 1.82) is 5.26 Å². The summed E-state index contributed by atoms with van der Waals surface area (Å²) in [6.07, 6.45) is 0. The topological polar surface area (TPSA) is 87.2 Å². The predicted molar refractivity (Wildman–Crippen MR) is 78.4 cm³/mol. The van der Waals surface area contributed by atoms with Crippen LogP contribution in [-0.2, 0) is 10.0 Å². The van der Waals surface area contributed by atoms with Crippen molar-refractivity contribution in [3.8, 4) is 6.07 Å². The third-order valence-corrected chi connectivity index (χ3v) is 5.03. The number of hydrogen-bond acceptors (Lipinski definition) is 4. The molecule has 0 unspecified atom stereocenters. The Bertz CT molecular complexity index is 603. The van der Waals surface area contributed by atoms with Gasteiger partial charge in [0, 0.05) is 13.1 Å². The van der Waals surface area contributed by atoms with Crippen LogP contribution < -0.4 is 5.73 Å². The molecule has 0 radical (unpaired) electrons. The van der Waals surface area contributed by atoms with Crippen LogP contribution in [0.4, 0.5) is 0 Å². The highest BCUT2D eigenvalue weighted by Crippen LogP contribution is 2.22. The van der Waals surface area contributed by atoms with E-state index in [2.05, 4.69) is 0 Å². The molecule has 0 aromatic heterocycles. The second kappa shape index (κ2) is 6.35.